The molecule has 0 aromatic heterocycles. The standard InChI is InChI=1S/C10H10F2O2/c1-2-8(13)10(14)6-4-3-5-7(11)9(6)12/h3-5,8,13H,2H2,1H3. The quantitative estimate of drug-likeness (QED) is 0.757. The van der Waals surface area contributed by atoms with Gasteiger partial charge in [-0.25, -0.2) is 8.78 Å². The van der Waals surface area contributed by atoms with Crippen LogP contribution < -0.4 is 0 Å². The van der Waals surface area contributed by atoms with E-state index in [4.69, 9.17) is 5.11 Å². The summed E-state index contributed by atoms with van der Waals surface area (Å²) in [5.74, 6) is -3.08. The molecule has 76 valence electrons. The molecule has 0 saturated heterocycles. The van der Waals surface area contributed by atoms with Crippen molar-refractivity contribution >= 4 is 5.78 Å². The van der Waals surface area contributed by atoms with E-state index in [0.29, 0.717) is 0 Å². The predicted molar refractivity (Wildman–Crippen MR) is 47.0 cm³/mol. The molecule has 1 N–H and O–H groups in total. The van der Waals surface area contributed by atoms with Crippen molar-refractivity contribution in [2.45, 2.75) is 19.4 Å². The third-order valence-electron chi connectivity index (χ3n) is 1.91. The Balaban J connectivity index is 3.07. The van der Waals surface area contributed by atoms with Crippen LogP contribution in [0.15, 0.2) is 18.2 Å². The summed E-state index contributed by atoms with van der Waals surface area (Å²) in [5, 5.41) is 9.16. The fourth-order valence-corrected chi connectivity index (χ4v) is 1.06. The molecule has 1 unspecified atom stereocenters. The van der Waals surface area contributed by atoms with Crippen molar-refractivity contribution in [3.05, 3.63) is 35.4 Å². The SMILES string of the molecule is CCC(O)C(=O)c1cccc(F)c1F. The Morgan fingerprint density at radius 3 is 2.71 bits per heavy atom. The highest BCUT2D eigenvalue weighted by Gasteiger charge is 2.20. The molecule has 0 aliphatic rings. The minimum atomic E-state index is -1.27. The highest BCUT2D eigenvalue weighted by atomic mass is 19.2. The Bertz CT molecular complexity index is 350. The molecule has 14 heavy (non-hydrogen) atoms. The number of hydrogen-bond donors (Lipinski definition) is 1. The van der Waals surface area contributed by atoms with E-state index in [1.165, 1.54) is 6.07 Å². The summed E-state index contributed by atoms with van der Waals surface area (Å²) < 4.78 is 25.7. The van der Waals surface area contributed by atoms with Crippen molar-refractivity contribution in [1.82, 2.24) is 0 Å². The molecule has 0 bridgehead atoms. The van der Waals surface area contributed by atoms with E-state index < -0.39 is 29.1 Å². The van der Waals surface area contributed by atoms with E-state index in [-0.39, 0.29) is 6.42 Å². The highest BCUT2D eigenvalue weighted by molar-refractivity contribution is 5.99. The van der Waals surface area contributed by atoms with Crippen LogP contribution in [-0.4, -0.2) is 17.0 Å². The maximum absolute atomic E-state index is 13.0. The van der Waals surface area contributed by atoms with E-state index in [9.17, 15) is 13.6 Å². The van der Waals surface area contributed by atoms with Gasteiger partial charge in [0.25, 0.3) is 0 Å². The number of carbonyl (C=O) groups is 1. The van der Waals surface area contributed by atoms with Crippen LogP contribution in [-0.2, 0) is 0 Å². The lowest BCUT2D eigenvalue weighted by molar-refractivity contribution is 0.0735. The van der Waals surface area contributed by atoms with Crippen molar-refractivity contribution < 1.29 is 18.7 Å². The van der Waals surface area contributed by atoms with Crippen molar-refractivity contribution in [2.75, 3.05) is 0 Å². The van der Waals surface area contributed by atoms with E-state index in [0.717, 1.165) is 12.1 Å². The first-order chi connectivity index (χ1) is 6.57. The summed E-state index contributed by atoms with van der Waals surface area (Å²) in [7, 11) is 0. The Hall–Kier alpha value is -1.29. The first-order valence-electron chi connectivity index (χ1n) is 4.24. The van der Waals surface area contributed by atoms with Gasteiger partial charge in [0.1, 0.15) is 6.10 Å². The molecule has 0 heterocycles. The summed E-state index contributed by atoms with van der Waals surface area (Å²) in [6, 6.07) is 3.30. The Labute approximate surface area is 80.2 Å². The van der Waals surface area contributed by atoms with Gasteiger partial charge in [-0.1, -0.05) is 13.0 Å². The number of rotatable bonds is 3. The number of aliphatic hydroxyl groups is 1. The molecule has 0 aliphatic carbocycles. The van der Waals surface area contributed by atoms with E-state index in [2.05, 4.69) is 0 Å². The second-order valence-electron chi connectivity index (χ2n) is 2.89. The van der Waals surface area contributed by atoms with E-state index in [1.54, 1.807) is 6.92 Å². The van der Waals surface area contributed by atoms with Gasteiger partial charge in [0, 0.05) is 0 Å². The Morgan fingerprint density at radius 2 is 2.14 bits per heavy atom. The van der Waals surface area contributed by atoms with Gasteiger partial charge >= 0.3 is 0 Å². The Morgan fingerprint density at radius 1 is 1.50 bits per heavy atom. The molecule has 1 atom stereocenters. The van der Waals surface area contributed by atoms with Gasteiger partial charge in [0.2, 0.25) is 0 Å². The molecule has 1 rings (SSSR count). The van der Waals surface area contributed by atoms with Crippen LogP contribution in [0.25, 0.3) is 0 Å². The number of Topliss-reactive ketones (excluding diaryl/α,β-unsaturated/α-hetero) is 1. The number of benzene rings is 1. The fourth-order valence-electron chi connectivity index (χ4n) is 1.06. The molecular formula is C10H10F2O2. The maximum Gasteiger partial charge on any atom is 0.194 e. The van der Waals surface area contributed by atoms with E-state index in [1.807, 2.05) is 0 Å². The zero-order valence-electron chi connectivity index (χ0n) is 7.63. The second-order valence-corrected chi connectivity index (χ2v) is 2.89. The summed E-state index contributed by atoms with van der Waals surface area (Å²) >= 11 is 0. The van der Waals surface area contributed by atoms with Gasteiger partial charge in [-0.3, -0.25) is 4.79 Å². The van der Waals surface area contributed by atoms with Crippen LogP contribution in [0.3, 0.4) is 0 Å². The van der Waals surface area contributed by atoms with Gasteiger partial charge in [-0.05, 0) is 18.6 Å². The van der Waals surface area contributed by atoms with Crippen LogP contribution in [0.5, 0.6) is 0 Å². The van der Waals surface area contributed by atoms with Crippen LogP contribution in [0.4, 0.5) is 8.78 Å². The van der Waals surface area contributed by atoms with Crippen molar-refractivity contribution in [2.24, 2.45) is 0 Å². The van der Waals surface area contributed by atoms with Crippen molar-refractivity contribution in [1.29, 1.82) is 0 Å². The third kappa shape index (κ3) is 1.96. The molecule has 0 radical (unpaired) electrons. The molecular weight excluding hydrogens is 190 g/mol. The first-order valence-corrected chi connectivity index (χ1v) is 4.24. The van der Waals surface area contributed by atoms with Crippen LogP contribution in [0, 0.1) is 11.6 Å². The molecule has 0 amide bonds. The van der Waals surface area contributed by atoms with Gasteiger partial charge in [0.15, 0.2) is 17.4 Å². The average Bonchev–Trinajstić information content (AvgIpc) is 2.20. The smallest absolute Gasteiger partial charge is 0.194 e. The minimum Gasteiger partial charge on any atom is -0.385 e. The lowest BCUT2D eigenvalue weighted by atomic mass is 10.0. The van der Waals surface area contributed by atoms with Gasteiger partial charge < -0.3 is 5.11 Å². The van der Waals surface area contributed by atoms with Gasteiger partial charge in [-0.15, -0.1) is 0 Å². The van der Waals surface area contributed by atoms with Gasteiger partial charge in [-0.2, -0.15) is 0 Å². The van der Waals surface area contributed by atoms with Crippen molar-refractivity contribution in [3.8, 4) is 0 Å². The molecule has 0 saturated carbocycles. The molecule has 1 aromatic rings. The Kier molecular flexibility index (Phi) is 3.30. The average molecular weight is 200 g/mol. The number of halogens is 2. The lowest BCUT2D eigenvalue weighted by Crippen LogP contribution is -2.20. The third-order valence-corrected chi connectivity index (χ3v) is 1.91. The molecule has 1 aromatic carbocycles. The normalized spacial score (nSPS) is 12.6. The summed E-state index contributed by atoms with van der Waals surface area (Å²) in [6.07, 6.45) is -1.10. The zero-order chi connectivity index (χ0) is 10.7. The topological polar surface area (TPSA) is 37.3 Å². The summed E-state index contributed by atoms with van der Waals surface area (Å²) in [4.78, 5) is 11.3. The van der Waals surface area contributed by atoms with Crippen LogP contribution in [0.2, 0.25) is 0 Å². The molecule has 2 nitrogen and oxygen atoms in total. The largest absolute Gasteiger partial charge is 0.385 e. The minimum absolute atomic E-state index is 0.175. The lowest BCUT2D eigenvalue weighted by Gasteiger charge is -2.07. The molecule has 0 spiro atoms. The number of ketones is 1. The van der Waals surface area contributed by atoms with Crippen molar-refractivity contribution in [3.63, 3.8) is 0 Å². The monoisotopic (exact) mass is 200 g/mol. The number of aliphatic hydroxyl groups excluding tert-OH is 1. The number of carbonyl (C=O) groups excluding carboxylic acids is 1. The fraction of sp³-hybridized carbons (Fsp3) is 0.300. The van der Waals surface area contributed by atoms with Gasteiger partial charge in [0.05, 0.1) is 5.56 Å². The highest BCUT2D eigenvalue weighted by Crippen LogP contribution is 2.14. The van der Waals surface area contributed by atoms with Crippen LogP contribution in [0.1, 0.15) is 23.7 Å². The molecule has 0 fully saturated rings. The summed E-state index contributed by atoms with van der Waals surface area (Å²) in [5.41, 5.74) is -0.403. The predicted octanol–water partition coefficient (Wildman–Crippen LogP) is 1.92. The van der Waals surface area contributed by atoms with Crippen LogP contribution >= 0.6 is 0 Å². The first kappa shape index (κ1) is 10.8. The zero-order valence-corrected chi connectivity index (χ0v) is 7.63. The van der Waals surface area contributed by atoms with E-state index >= 15 is 0 Å². The molecule has 0 aliphatic heterocycles. The maximum atomic E-state index is 13.0. The molecule has 4 heteroatoms. The number of hydrogen-bond acceptors (Lipinski definition) is 2. The second kappa shape index (κ2) is 4.28. The summed E-state index contributed by atoms with van der Waals surface area (Å²) in [6.45, 7) is 1.58.